The maximum atomic E-state index is 11.9. The van der Waals surface area contributed by atoms with Gasteiger partial charge >= 0.3 is 0 Å². The summed E-state index contributed by atoms with van der Waals surface area (Å²) >= 11 is 9.09. The Bertz CT molecular complexity index is 1010. The van der Waals surface area contributed by atoms with E-state index in [0.29, 0.717) is 21.7 Å². The number of carbonyl (C=O) groups is 2. The van der Waals surface area contributed by atoms with Crippen LogP contribution in [0.2, 0.25) is 5.02 Å². The Morgan fingerprint density at radius 2 is 0.833 bits per heavy atom. The third kappa shape index (κ3) is 5.99. The Kier molecular flexibility index (Phi) is 7.72. The lowest BCUT2D eigenvalue weighted by Gasteiger charge is -2.00. The van der Waals surface area contributed by atoms with Crippen LogP contribution in [0.15, 0.2) is 114 Å². The van der Waals surface area contributed by atoms with Crippen LogP contribution < -0.4 is 0 Å². The van der Waals surface area contributed by atoms with Gasteiger partial charge in [0.05, 0.1) is 0 Å². The van der Waals surface area contributed by atoms with E-state index in [1.807, 2.05) is 72.8 Å². The molecule has 30 heavy (non-hydrogen) atoms. The van der Waals surface area contributed by atoms with E-state index in [1.165, 1.54) is 0 Å². The Labute approximate surface area is 189 Å². The van der Waals surface area contributed by atoms with Crippen LogP contribution >= 0.6 is 27.5 Å². The molecule has 0 saturated carbocycles. The molecule has 0 amide bonds. The standard InChI is InChI=1S/C13H9BrO.C13H9ClO/c2*14-12-8-6-11(7-9-12)13(15)10-4-2-1-3-5-10/h2*1-9H. The zero-order valence-corrected chi connectivity index (χ0v) is 18.3. The summed E-state index contributed by atoms with van der Waals surface area (Å²) in [7, 11) is 0. The number of benzene rings is 4. The van der Waals surface area contributed by atoms with Crippen molar-refractivity contribution < 1.29 is 9.59 Å². The third-order valence-electron chi connectivity index (χ3n) is 4.28. The first kappa shape index (κ1) is 21.7. The number of rotatable bonds is 4. The van der Waals surface area contributed by atoms with Gasteiger partial charge in [-0.1, -0.05) is 88.2 Å². The van der Waals surface area contributed by atoms with E-state index in [1.54, 1.807) is 36.4 Å². The molecule has 148 valence electrons. The highest BCUT2D eigenvalue weighted by atomic mass is 79.9. The second-order valence-corrected chi connectivity index (χ2v) is 7.76. The highest BCUT2D eigenvalue weighted by molar-refractivity contribution is 9.10. The molecule has 0 fully saturated rings. The van der Waals surface area contributed by atoms with Gasteiger partial charge in [0.15, 0.2) is 11.6 Å². The summed E-state index contributed by atoms with van der Waals surface area (Å²) in [5.74, 6) is 0.0790. The smallest absolute Gasteiger partial charge is 0.193 e. The lowest BCUT2D eigenvalue weighted by molar-refractivity contribution is 0.103. The summed E-state index contributed by atoms with van der Waals surface area (Å²) in [6.07, 6.45) is 0. The third-order valence-corrected chi connectivity index (χ3v) is 5.07. The van der Waals surface area contributed by atoms with Gasteiger partial charge in [-0.25, -0.2) is 0 Å². The molecule has 0 radical (unpaired) electrons. The van der Waals surface area contributed by atoms with Crippen LogP contribution in [-0.2, 0) is 0 Å². The van der Waals surface area contributed by atoms with Crippen molar-refractivity contribution in [1.29, 1.82) is 0 Å². The largest absolute Gasteiger partial charge is 0.289 e. The second kappa shape index (κ2) is 10.7. The summed E-state index contributed by atoms with van der Waals surface area (Å²) < 4.78 is 0.979. The van der Waals surface area contributed by atoms with Crippen molar-refractivity contribution in [3.8, 4) is 0 Å². The predicted octanol–water partition coefficient (Wildman–Crippen LogP) is 7.25. The van der Waals surface area contributed by atoms with Crippen LogP contribution in [0, 0.1) is 0 Å². The molecule has 4 heteroatoms. The molecule has 0 aliphatic carbocycles. The van der Waals surface area contributed by atoms with Crippen molar-refractivity contribution in [2.45, 2.75) is 0 Å². The van der Waals surface area contributed by atoms with Crippen LogP contribution in [0.3, 0.4) is 0 Å². The van der Waals surface area contributed by atoms with Gasteiger partial charge in [-0.3, -0.25) is 9.59 Å². The van der Waals surface area contributed by atoms with E-state index in [0.717, 1.165) is 10.0 Å². The van der Waals surface area contributed by atoms with E-state index in [9.17, 15) is 9.59 Å². The number of hydrogen-bond acceptors (Lipinski definition) is 2. The molecule has 0 aliphatic heterocycles. The molecule has 0 unspecified atom stereocenters. The number of carbonyl (C=O) groups excluding carboxylic acids is 2. The molecule has 4 aromatic rings. The first-order chi connectivity index (χ1) is 14.5. The van der Waals surface area contributed by atoms with Gasteiger partial charge in [-0.2, -0.15) is 0 Å². The first-order valence-electron chi connectivity index (χ1n) is 9.25. The zero-order chi connectivity index (χ0) is 21.3. The molecule has 4 aromatic carbocycles. The quantitative estimate of drug-likeness (QED) is 0.290. The topological polar surface area (TPSA) is 34.1 Å². The van der Waals surface area contributed by atoms with Crippen molar-refractivity contribution >= 4 is 39.1 Å². The minimum Gasteiger partial charge on any atom is -0.289 e. The maximum Gasteiger partial charge on any atom is 0.193 e. The van der Waals surface area contributed by atoms with Crippen LogP contribution in [0.5, 0.6) is 0 Å². The fourth-order valence-electron chi connectivity index (χ4n) is 2.71. The van der Waals surface area contributed by atoms with Gasteiger partial charge in [0.1, 0.15) is 0 Å². The predicted molar refractivity (Wildman–Crippen MR) is 125 cm³/mol. The van der Waals surface area contributed by atoms with Crippen molar-refractivity contribution in [3.63, 3.8) is 0 Å². The van der Waals surface area contributed by atoms with Crippen LogP contribution in [0.4, 0.5) is 0 Å². The molecule has 0 aliphatic rings. The summed E-state index contributed by atoms with van der Waals surface area (Å²) in [5.41, 5.74) is 2.79. The van der Waals surface area contributed by atoms with Crippen LogP contribution in [0.1, 0.15) is 31.8 Å². The second-order valence-electron chi connectivity index (χ2n) is 6.40. The average Bonchev–Trinajstić information content (AvgIpc) is 2.81. The monoisotopic (exact) mass is 476 g/mol. The van der Waals surface area contributed by atoms with Crippen molar-refractivity contribution in [3.05, 3.63) is 141 Å². The van der Waals surface area contributed by atoms with Gasteiger partial charge in [0.25, 0.3) is 0 Å². The highest BCUT2D eigenvalue weighted by Gasteiger charge is 2.08. The summed E-state index contributed by atoms with van der Waals surface area (Å²) in [6, 6.07) is 32.8. The number of halogens is 2. The van der Waals surface area contributed by atoms with E-state index in [4.69, 9.17) is 11.6 Å². The van der Waals surface area contributed by atoms with Crippen LogP contribution in [0.25, 0.3) is 0 Å². The minimum absolute atomic E-state index is 0.0206. The van der Waals surface area contributed by atoms with Gasteiger partial charge in [-0.05, 0) is 48.5 Å². The SMILES string of the molecule is O=C(c1ccccc1)c1ccc(Br)cc1.O=C(c1ccccc1)c1ccc(Cl)cc1. The van der Waals surface area contributed by atoms with E-state index in [-0.39, 0.29) is 11.6 Å². The summed E-state index contributed by atoms with van der Waals surface area (Å²) in [6.45, 7) is 0. The molecule has 0 N–H and O–H groups in total. The van der Waals surface area contributed by atoms with Gasteiger partial charge in [0, 0.05) is 31.7 Å². The average molecular weight is 478 g/mol. The summed E-state index contributed by atoms with van der Waals surface area (Å²) in [4.78, 5) is 23.9. The molecule has 2 nitrogen and oxygen atoms in total. The van der Waals surface area contributed by atoms with Crippen molar-refractivity contribution in [1.82, 2.24) is 0 Å². The highest BCUT2D eigenvalue weighted by Crippen LogP contribution is 2.15. The molecule has 0 atom stereocenters. The van der Waals surface area contributed by atoms with Gasteiger partial charge in [0.2, 0.25) is 0 Å². The first-order valence-corrected chi connectivity index (χ1v) is 10.4. The summed E-state index contributed by atoms with van der Waals surface area (Å²) in [5, 5.41) is 0.639. The molecule has 4 rings (SSSR count). The number of ketones is 2. The Balaban J connectivity index is 0.000000171. The molecule has 0 saturated heterocycles. The fraction of sp³-hybridized carbons (Fsp3) is 0. The minimum atomic E-state index is 0.0206. The molecule has 0 bridgehead atoms. The van der Waals surface area contributed by atoms with Gasteiger partial charge < -0.3 is 0 Å². The maximum absolute atomic E-state index is 11.9. The molecule has 0 heterocycles. The van der Waals surface area contributed by atoms with E-state index >= 15 is 0 Å². The molecule has 0 spiro atoms. The van der Waals surface area contributed by atoms with Crippen molar-refractivity contribution in [2.75, 3.05) is 0 Å². The van der Waals surface area contributed by atoms with Crippen molar-refractivity contribution in [2.24, 2.45) is 0 Å². The van der Waals surface area contributed by atoms with E-state index in [2.05, 4.69) is 15.9 Å². The number of hydrogen-bond donors (Lipinski definition) is 0. The Hall–Kier alpha value is -3.01. The lowest BCUT2D eigenvalue weighted by atomic mass is 10.0. The molecule has 0 aromatic heterocycles. The molecular weight excluding hydrogens is 460 g/mol. The Morgan fingerprint density at radius 1 is 0.500 bits per heavy atom. The fourth-order valence-corrected chi connectivity index (χ4v) is 3.11. The van der Waals surface area contributed by atoms with Gasteiger partial charge in [-0.15, -0.1) is 0 Å². The Morgan fingerprint density at radius 3 is 1.23 bits per heavy atom. The van der Waals surface area contributed by atoms with E-state index < -0.39 is 0 Å². The normalized spacial score (nSPS) is 9.93. The zero-order valence-electron chi connectivity index (χ0n) is 16.0. The van der Waals surface area contributed by atoms with Crippen LogP contribution in [-0.4, -0.2) is 11.6 Å². The lowest BCUT2D eigenvalue weighted by Crippen LogP contribution is -2.00. The molecular formula is C26H18BrClO2.